The summed E-state index contributed by atoms with van der Waals surface area (Å²) in [5.74, 6) is -1.30. The van der Waals surface area contributed by atoms with Crippen molar-refractivity contribution >= 4 is 33.9 Å². The van der Waals surface area contributed by atoms with Crippen molar-refractivity contribution in [3.05, 3.63) is 70.0 Å². The van der Waals surface area contributed by atoms with Crippen molar-refractivity contribution in [3.8, 4) is 11.8 Å². The van der Waals surface area contributed by atoms with Crippen molar-refractivity contribution < 1.29 is 14.3 Å². The van der Waals surface area contributed by atoms with Gasteiger partial charge in [0.1, 0.15) is 11.6 Å². The Balaban J connectivity index is 2.23. The molecule has 0 spiro atoms. The molecule has 28 heavy (non-hydrogen) atoms. The van der Waals surface area contributed by atoms with Gasteiger partial charge in [0.05, 0.1) is 0 Å². The zero-order valence-corrected chi connectivity index (χ0v) is 17.2. The van der Waals surface area contributed by atoms with Crippen LogP contribution >= 0.6 is 15.9 Å². The average molecular weight is 442 g/mol. The normalized spacial score (nSPS) is 10.9. The second kappa shape index (κ2) is 9.72. The molecule has 1 N–H and O–H groups in total. The van der Waals surface area contributed by atoms with Crippen molar-refractivity contribution in [2.75, 3.05) is 13.2 Å². The summed E-state index contributed by atoms with van der Waals surface area (Å²) < 4.78 is 7.92. The van der Waals surface area contributed by atoms with Crippen LogP contribution in [-0.2, 0) is 14.3 Å². The van der Waals surface area contributed by atoms with Gasteiger partial charge in [-0.25, -0.2) is 4.79 Å². The number of aryl methyl sites for hydroxylation is 1. The fourth-order valence-corrected chi connectivity index (χ4v) is 2.92. The molecule has 0 saturated heterocycles. The van der Waals surface area contributed by atoms with Gasteiger partial charge in [0.25, 0.3) is 5.91 Å². The van der Waals surface area contributed by atoms with E-state index in [0.717, 1.165) is 27.1 Å². The Morgan fingerprint density at radius 2 is 2.00 bits per heavy atom. The summed E-state index contributed by atoms with van der Waals surface area (Å²) >= 11 is 3.42. The van der Waals surface area contributed by atoms with E-state index in [-0.39, 0.29) is 12.1 Å². The zero-order valence-electron chi connectivity index (χ0n) is 15.7. The Kier molecular flexibility index (Phi) is 7.36. The Labute approximate surface area is 172 Å². The lowest BCUT2D eigenvalue weighted by atomic mass is 10.1. The monoisotopic (exact) mass is 441 g/mol. The van der Waals surface area contributed by atoms with Crippen LogP contribution in [0.25, 0.3) is 11.8 Å². The van der Waals surface area contributed by atoms with Gasteiger partial charge in [-0.05, 0) is 55.8 Å². The van der Waals surface area contributed by atoms with E-state index in [4.69, 9.17) is 4.74 Å². The van der Waals surface area contributed by atoms with Gasteiger partial charge in [0.15, 0.2) is 6.61 Å². The average Bonchev–Trinajstić information content (AvgIpc) is 2.96. The van der Waals surface area contributed by atoms with E-state index in [1.807, 2.05) is 54.8 Å². The second-order valence-electron chi connectivity index (χ2n) is 5.98. The highest BCUT2D eigenvalue weighted by Crippen LogP contribution is 2.24. The number of hydrogen-bond donors (Lipinski definition) is 1. The molecule has 0 atom stereocenters. The van der Waals surface area contributed by atoms with E-state index >= 15 is 0 Å². The summed E-state index contributed by atoms with van der Waals surface area (Å²) in [5, 5.41) is 11.8. The highest BCUT2D eigenvalue weighted by molar-refractivity contribution is 9.10. The molecule has 0 bridgehead atoms. The number of nitrogens with one attached hydrogen (secondary N) is 1. The number of esters is 1. The number of carbonyl (C=O) groups excluding carboxylic acids is 2. The molecule has 1 amide bonds. The van der Waals surface area contributed by atoms with E-state index in [2.05, 4.69) is 27.8 Å². The number of ether oxygens (including phenoxy) is 1. The predicted molar refractivity (Wildman–Crippen MR) is 111 cm³/mol. The van der Waals surface area contributed by atoms with Crippen LogP contribution in [0.3, 0.4) is 0 Å². The highest BCUT2D eigenvalue weighted by atomic mass is 79.9. The van der Waals surface area contributed by atoms with E-state index < -0.39 is 18.5 Å². The first-order chi connectivity index (χ1) is 13.4. The van der Waals surface area contributed by atoms with E-state index in [9.17, 15) is 14.9 Å². The van der Waals surface area contributed by atoms with Crippen molar-refractivity contribution in [2.24, 2.45) is 0 Å². The third-order valence-electron chi connectivity index (χ3n) is 3.97. The molecule has 1 heterocycles. The molecule has 0 aliphatic rings. The number of carbonyl (C=O) groups is 2. The van der Waals surface area contributed by atoms with Crippen LogP contribution < -0.4 is 5.32 Å². The summed E-state index contributed by atoms with van der Waals surface area (Å²) in [7, 11) is 0. The molecular weight excluding hydrogens is 422 g/mol. The summed E-state index contributed by atoms with van der Waals surface area (Å²) in [6.45, 7) is 7.15. The van der Waals surface area contributed by atoms with Crippen LogP contribution in [-0.4, -0.2) is 29.6 Å². The molecule has 0 fully saturated rings. The number of halogens is 1. The molecule has 144 valence electrons. The minimum Gasteiger partial charge on any atom is -0.451 e. The molecule has 6 nitrogen and oxygen atoms in total. The zero-order chi connectivity index (χ0) is 20.7. The summed E-state index contributed by atoms with van der Waals surface area (Å²) in [6, 6.07) is 11.6. The minimum absolute atomic E-state index is 0.174. The van der Waals surface area contributed by atoms with Gasteiger partial charge in [-0.2, -0.15) is 5.26 Å². The van der Waals surface area contributed by atoms with Crippen molar-refractivity contribution in [1.82, 2.24) is 9.88 Å². The first-order valence-corrected chi connectivity index (χ1v) is 9.28. The number of nitriles is 1. The van der Waals surface area contributed by atoms with Gasteiger partial charge < -0.3 is 14.6 Å². The Morgan fingerprint density at radius 3 is 2.61 bits per heavy atom. The van der Waals surface area contributed by atoms with Gasteiger partial charge in [0.2, 0.25) is 0 Å². The smallest absolute Gasteiger partial charge is 0.349 e. The number of benzene rings is 1. The molecule has 2 aromatic rings. The molecule has 0 unspecified atom stereocenters. The van der Waals surface area contributed by atoms with Crippen LogP contribution in [0.2, 0.25) is 0 Å². The van der Waals surface area contributed by atoms with Crippen LogP contribution in [0.1, 0.15) is 17.0 Å². The molecule has 0 aliphatic carbocycles. The standard InChI is InChI=1S/C21H20BrN3O3/c1-4-9-24-20(26)13-28-21(27)17(12-23)11-16-10-14(2)25(15(16)3)19-7-5-18(22)6-8-19/h4-8,10-11H,1,9,13H2,2-3H3,(H,24,26)/b17-11+. The Bertz CT molecular complexity index is 966. The molecular formula is C21H20BrN3O3. The SMILES string of the molecule is C=CCNC(=O)COC(=O)/C(C#N)=C/c1cc(C)n(-c2ccc(Br)cc2)c1C. The number of aromatic nitrogens is 1. The fourth-order valence-electron chi connectivity index (χ4n) is 2.66. The summed E-state index contributed by atoms with van der Waals surface area (Å²) in [5.41, 5.74) is 3.36. The van der Waals surface area contributed by atoms with Gasteiger partial charge in [-0.3, -0.25) is 4.79 Å². The Hall–Kier alpha value is -3.11. The molecule has 1 aromatic heterocycles. The summed E-state index contributed by atoms with van der Waals surface area (Å²) in [6.07, 6.45) is 2.99. The van der Waals surface area contributed by atoms with Crippen LogP contribution in [0.15, 0.2) is 53.0 Å². The van der Waals surface area contributed by atoms with E-state index in [1.165, 1.54) is 12.2 Å². The predicted octanol–water partition coefficient (Wildman–Crippen LogP) is 3.61. The maximum absolute atomic E-state index is 12.1. The fraction of sp³-hybridized carbons (Fsp3) is 0.190. The van der Waals surface area contributed by atoms with Crippen LogP contribution in [0.4, 0.5) is 0 Å². The first-order valence-electron chi connectivity index (χ1n) is 8.48. The third-order valence-corrected chi connectivity index (χ3v) is 4.50. The Morgan fingerprint density at radius 1 is 1.32 bits per heavy atom. The van der Waals surface area contributed by atoms with Gasteiger partial charge in [0, 0.05) is 28.1 Å². The second-order valence-corrected chi connectivity index (χ2v) is 6.89. The minimum atomic E-state index is -0.843. The highest BCUT2D eigenvalue weighted by Gasteiger charge is 2.16. The van der Waals surface area contributed by atoms with Gasteiger partial charge in [-0.15, -0.1) is 6.58 Å². The first kappa shape index (κ1) is 21.2. The molecule has 0 saturated carbocycles. The van der Waals surface area contributed by atoms with Gasteiger partial charge in [-0.1, -0.05) is 22.0 Å². The van der Waals surface area contributed by atoms with Crippen molar-refractivity contribution in [2.45, 2.75) is 13.8 Å². The largest absolute Gasteiger partial charge is 0.451 e. The maximum Gasteiger partial charge on any atom is 0.349 e. The quantitative estimate of drug-likeness (QED) is 0.307. The number of rotatable bonds is 7. The topological polar surface area (TPSA) is 84.1 Å². The van der Waals surface area contributed by atoms with Crippen molar-refractivity contribution in [1.29, 1.82) is 5.26 Å². The van der Waals surface area contributed by atoms with E-state index in [1.54, 1.807) is 0 Å². The van der Waals surface area contributed by atoms with Crippen LogP contribution in [0.5, 0.6) is 0 Å². The molecule has 7 heteroatoms. The third kappa shape index (κ3) is 5.21. The lowest BCUT2D eigenvalue weighted by molar-refractivity contribution is -0.144. The number of amides is 1. The lowest BCUT2D eigenvalue weighted by Crippen LogP contribution is -2.28. The molecule has 1 aromatic carbocycles. The maximum atomic E-state index is 12.1. The number of hydrogen-bond acceptors (Lipinski definition) is 4. The lowest BCUT2D eigenvalue weighted by Gasteiger charge is -2.09. The van der Waals surface area contributed by atoms with Gasteiger partial charge >= 0.3 is 5.97 Å². The molecule has 0 radical (unpaired) electrons. The molecule has 0 aliphatic heterocycles. The van der Waals surface area contributed by atoms with Crippen molar-refractivity contribution in [3.63, 3.8) is 0 Å². The van der Waals surface area contributed by atoms with E-state index in [0.29, 0.717) is 0 Å². The molecule has 2 rings (SSSR count). The number of nitrogens with zero attached hydrogens (tertiary/aromatic N) is 2. The summed E-state index contributed by atoms with van der Waals surface area (Å²) in [4.78, 5) is 23.7. The van der Waals surface area contributed by atoms with Crippen LogP contribution in [0, 0.1) is 25.2 Å².